The molecule has 0 bridgehead atoms. The Balaban J connectivity index is 2.04. The van der Waals surface area contributed by atoms with Crippen molar-refractivity contribution in [3.8, 4) is 17.0 Å². The first-order chi connectivity index (χ1) is 14.0. The second kappa shape index (κ2) is 7.29. The highest BCUT2D eigenvalue weighted by Gasteiger charge is 2.39. The molecule has 7 heteroatoms. The van der Waals surface area contributed by atoms with Crippen molar-refractivity contribution in [2.75, 3.05) is 19.5 Å². The maximum Gasteiger partial charge on any atom is 0.340 e. The van der Waals surface area contributed by atoms with Crippen LogP contribution in [0.4, 0.5) is 5.69 Å². The van der Waals surface area contributed by atoms with Gasteiger partial charge in [0.1, 0.15) is 5.75 Å². The third kappa shape index (κ3) is 2.96. The number of aromatic amines is 1. The second-order valence-corrected chi connectivity index (χ2v) is 7.14. The lowest BCUT2D eigenvalue weighted by atomic mass is 9.87. The summed E-state index contributed by atoms with van der Waals surface area (Å²) in [6, 6.07) is 12.8. The number of aromatic nitrogens is 1. The van der Waals surface area contributed by atoms with Crippen molar-refractivity contribution in [3.05, 3.63) is 69.9 Å². The summed E-state index contributed by atoms with van der Waals surface area (Å²) < 4.78 is 10.5. The number of H-pyrrole nitrogens is 1. The Kier molecular flexibility index (Phi) is 4.80. The van der Waals surface area contributed by atoms with Gasteiger partial charge in [0.25, 0.3) is 0 Å². The van der Waals surface area contributed by atoms with Gasteiger partial charge in [-0.1, -0.05) is 35.9 Å². The first-order valence-corrected chi connectivity index (χ1v) is 9.39. The smallest absolute Gasteiger partial charge is 0.340 e. The molecule has 29 heavy (non-hydrogen) atoms. The van der Waals surface area contributed by atoms with Crippen LogP contribution in [0.2, 0.25) is 5.02 Å². The number of carbonyl (C=O) groups is 2. The molecule has 0 saturated heterocycles. The molecule has 3 aromatic rings. The molecule has 0 aliphatic carbocycles. The predicted octanol–water partition coefficient (Wildman–Crippen LogP) is 4.52. The monoisotopic (exact) mass is 410 g/mol. The predicted molar refractivity (Wildman–Crippen MR) is 111 cm³/mol. The Bertz CT molecular complexity index is 1140. The van der Waals surface area contributed by atoms with Gasteiger partial charge in [0.15, 0.2) is 0 Å². The van der Waals surface area contributed by atoms with E-state index in [0.29, 0.717) is 44.5 Å². The number of nitrogens with one attached hydrogen (secondary N) is 2. The number of anilines is 1. The van der Waals surface area contributed by atoms with E-state index in [9.17, 15) is 9.59 Å². The molecular formula is C22H19ClN2O4. The molecule has 148 valence electrons. The lowest BCUT2D eigenvalue weighted by Crippen LogP contribution is -2.17. The van der Waals surface area contributed by atoms with Gasteiger partial charge in [-0.15, -0.1) is 0 Å². The molecule has 4 rings (SSSR count). The van der Waals surface area contributed by atoms with E-state index in [-0.39, 0.29) is 5.91 Å². The number of fused-ring (bicyclic) bond motifs is 1. The van der Waals surface area contributed by atoms with Crippen LogP contribution in [0.3, 0.4) is 0 Å². The standard InChI is InChI=1S/C22H19ClN2O4/c1-11-16(22(27)29-3)18(20(24-11)12-7-4-5-10-15(12)28-2)17-13-8-6-9-14(23)19(13)25-21(17)26/h4-10,17,24H,1-3H3,(H,25,26)/t17-/m1/s1. The fourth-order valence-corrected chi connectivity index (χ4v) is 4.13. The summed E-state index contributed by atoms with van der Waals surface area (Å²) in [5, 5.41) is 3.30. The number of hydrogen-bond donors (Lipinski definition) is 2. The first kappa shape index (κ1) is 19.1. The number of hydrogen-bond acceptors (Lipinski definition) is 4. The lowest BCUT2D eigenvalue weighted by molar-refractivity contribution is -0.116. The summed E-state index contributed by atoms with van der Waals surface area (Å²) >= 11 is 6.29. The van der Waals surface area contributed by atoms with E-state index < -0.39 is 11.9 Å². The van der Waals surface area contributed by atoms with Gasteiger partial charge >= 0.3 is 5.97 Å². The van der Waals surface area contributed by atoms with Crippen LogP contribution >= 0.6 is 11.6 Å². The van der Waals surface area contributed by atoms with Gasteiger partial charge in [-0.2, -0.15) is 0 Å². The van der Waals surface area contributed by atoms with Crippen molar-refractivity contribution in [1.82, 2.24) is 4.98 Å². The quantitative estimate of drug-likeness (QED) is 0.619. The number of amides is 1. The fourth-order valence-electron chi connectivity index (χ4n) is 3.90. The van der Waals surface area contributed by atoms with Gasteiger partial charge in [-0.05, 0) is 30.7 Å². The molecule has 2 aromatic carbocycles. The van der Waals surface area contributed by atoms with Crippen LogP contribution in [0.25, 0.3) is 11.3 Å². The maximum absolute atomic E-state index is 13.0. The molecule has 1 amide bonds. The molecule has 1 atom stereocenters. The molecule has 1 aromatic heterocycles. The molecule has 1 aliphatic heterocycles. The molecule has 2 N–H and O–H groups in total. The molecule has 0 fully saturated rings. The summed E-state index contributed by atoms with van der Waals surface area (Å²) in [7, 11) is 2.90. The van der Waals surface area contributed by atoms with E-state index in [0.717, 1.165) is 5.56 Å². The van der Waals surface area contributed by atoms with Crippen molar-refractivity contribution >= 4 is 29.2 Å². The Labute approximate surface area is 172 Å². The number of ether oxygens (including phenoxy) is 2. The Morgan fingerprint density at radius 3 is 2.59 bits per heavy atom. The van der Waals surface area contributed by atoms with Gasteiger partial charge in [-0.25, -0.2) is 4.79 Å². The SMILES string of the molecule is COC(=O)c1c(C)[nH]c(-c2ccccc2OC)c1[C@@H]1C(=O)Nc2c(Cl)cccc21. The van der Waals surface area contributed by atoms with Crippen LogP contribution in [0, 0.1) is 6.92 Å². The van der Waals surface area contributed by atoms with Crippen molar-refractivity contribution in [2.45, 2.75) is 12.8 Å². The van der Waals surface area contributed by atoms with E-state index in [1.165, 1.54) is 7.11 Å². The average molecular weight is 411 g/mol. The zero-order valence-electron chi connectivity index (χ0n) is 16.1. The Morgan fingerprint density at radius 2 is 1.86 bits per heavy atom. The van der Waals surface area contributed by atoms with Gasteiger partial charge in [0.2, 0.25) is 5.91 Å². The lowest BCUT2D eigenvalue weighted by Gasteiger charge is -2.15. The number of rotatable bonds is 4. The summed E-state index contributed by atoms with van der Waals surface area (Å²) in [6.45, 7) is 1.78. The minimum Gasteiger partial charge on any atom is -0.496 e. The zero-order valence-corrected chi connectivity index (χ0v) is 16.9. The summed E-state index contributed by atoms with van der Waals surface area (Å²) in [5.41, 5.74) is 4.13. The molecular weight excluding hydrogens is 392 g/mol. The number of benzene rings is 2. The Hall–Kier alpha value is -3.25. The van der Waals surface area contributed by atoms with Gasteiger partial charge < -0.3 is 19.8 Å². The van der Waals surface area contributed by atoms with E-state index in [4.69, 9.17) is 21.1 Å². The van der Waals surface area contributed by atoms with Gasteiger partial charge in [0.05, 0.1) is 42.1 Å². The highest BCUT2D eigenvalue weighted by Crippen LogP contribution is 2.47. The highest BCUT2D eigenvalue weighted by molar-refractivity contribution is 6.34. The van der Waals surface area contributed by atoms with Crippen molar-refractivity contribution in [2.24, 2.45) is 0 Å². The van der Waals surface area contributed by atoms with E-state index in [1.54, 1.807) is 26.2 Å². The van der Waals surface area contributed by atoms with Crippen LogP contribution in [-0.2, 0) is 9.53 Å². The third-order valence-corrected chi connectivity index (χ3v) is 5.46. The highest BCUT2D eigenvalue weighted by atomic mass is 35.5. The van der Waals surface area contributed by atoms with E-state index >= 15 is 0 Å². The number of carbonyl (C=O) groups excluding carboxylic acids is 2. The van der Waals surface area contributed by atoms with Gasteiger partial charge in [-0.3, -0.25) is 4.79 Å². The van der Waals surface area contributed by atoms with Gasteiger partial charge in [0, 0.05) is 16.8 Å². The third-order valence-electron chi connectivity index (χ3n) is 5.15. The van der Waals surface area contributed by atoms with E-state index in [1.807, 2.05) is 30.3 Å². The molecule has 1 aliphatic rings. The summed E-state index contributed by atoms with van der Waals surface area (Å²) in [4.78, 5) is 29.0. The fraction of sp³-hybridized carbons (Fsp3) is 0.182. The van der Waals surface area contributed by atoms with Crippen molar-refractivity contribution < 1.29 is 19.1 Å². The molecule has 0 saturated carbocycles. The average Bonchev–Trinajstić information content (AvgIpc) is 3.24. The molecule has 2 heterocycles. The largest absolute Gasteiger partial charge is 0.496 e. The topological polar surface area (TPSA) is 80.4 Å². The van der Waals surface area contributed by atoms with Crippen LogP contribution in [0.15, 0.2) is 42.5 Å². The number of esters is 1. The number of para-hydroxylation sites is 2. The Morgan fingerprint density at radius 1 is 1.10 bits per heavy atom. The van der Waals surface area contributed by atoms with Crippen molar-refractivity contribution in [3.63, 3.8) is 0 Å². The van der Waals surface area contributed by atoms with Crippen LogP contribution in [0.5, 0.6) is 5.75 Å². The molecule has 6 nitrogen and oxygen atoms in total. The zero-order chi connectivity index (χ0) is 20.7. The number of methoxy groups -OCH3 is 2. The first-order valence-electron chi connectivity index (χ1n) is 9.01. The maximum atomic E-state index is 13.0. The molecule has 0 radical (unpaired) electrons. The van der Waals surface area contributed by atoms with Crippen LogP contribution in [-0.4, -0.2) is 31.1 Å². The normalized spacial score (nSPS) is 15.0. The second-order valence-electron chi connectivity index (χ2n) is 6.73. The summed E-state index contributed by atoms with van der Waals surface area (Å²) in [5.74, 6) is -0.870. The number of halogens is 1. The van der Waals surface area contributed by atoms with E-state index in [2.05, 4.69) is 10.3 Å². The summed E-state index contributed by atoms with van der Waals surface area (Å²) in [6.07, 6.45) is 0. The number of aryl methyl sites for hydroxylation is 1. The molecule has 0 spiro atoms. The van der Waals surface area contributed by atoms with Crippen molar-refractivity contribution in [1.29, 1.82) is 0 Å². The minimum absolute atomic E-state index is 0.256. The van der Waals surface area contributed by atoms with Crippen LogP contribution in [0.1, 0.15) is 33.1 Å². The molecule has 0 unspecified atom stereocenters. The minimum atomic E-state index is -0.720. The van der Waals surface area contributed by atoms with Crippen LogP contribution < -0.4 is 10.1 Å².